The monoisotopic (exact) mass is 369 g/mol. The molecule has 0 saturated heterocycles. The number of rotatable bonds is 5. The Morgan fingerprint density at radius 1 is 1.00 bits per heavy atom. The van der Waals surface area contributed by atoms with Gasteiger partial charge in [0.25, 0.3) is 5.91 Å². The number of carbonyl (C=O) groups is 2. The molecule has 0 saturated carbocycles. The second-order valence-electron chi connectivity index (χ2n) is 6.06. The van der Waals surface area contributed by atoms with Gasteiger partial charge in [0.2, 0.25) is 0 Å². The maximum atomic E-state index is 13.8. The van der Waals surface area contributed by atoms with Crippen LogP contribution in [0.25, 0.3) is 10.8 Å². The maximum Gasteiger partial charge on any atom is 0.328 e. The first-order valence-electron chi connectivity index (χ1n) is 8.29. The number of esters is 1. The molecule has 0 unspecified atom stereocenters. The van der Waals surface area contributed by atoms with Crippen molar-refractivity contribution in [2.24, 2.45) is 0 Å². The minimum atomic E-state index is -1.01. The topological polar surface area (TPSA) is 55.4 Å². The molecule has 1 amide bonds. The first-order valence-corrected chi connectivity index (χ1v) is 8.29. The Morgan fingerprint density at radius 3 is 2.44 bits per heavy atom. The Kier molecular flexibility index (Phi) is 5.45. The SMILES string of the molecule is COC(=O)[C@@H](Cc1ccc2ccccc2c1)NC(=O)c1ccc(F)cc1F. The van der Waals surface area contributed by atoms with Gasteiger partial charge in [0.15, 0.2) is 0 Å². The fourth-order valence-electron chi connectivity index (χ4n) is 2.85. The van der Waals surface area contributed by atoms with Crippen molar-refractivity contribution in [1.82, 2.24) is 5.32 Å². The number of methoxy groups -OCH3 is 1. The van der Waals surface area contributed by atoms with Crippen LogP contribution in [0.15, 0.2) is 60.7 Å². The van der Waals surface area contributed by atoms with E-state index in [1.807, 2.05) is 42.5 Å². The van der Waals surface area contributed by atoms with E-state index in [4.69, 9.17) is 4.74 Å². The molecular formula is C21H17F2NO3. The van der Waals surface area contributed by atoms with E-state index in [2.05, 4.69) is 5.32 Å². The quantitative estimate of drug-likeness (QED) is 0.699. The van der Waals surface area contributed by atoms with Crippen molar-refractivity contribution in [3.05, 3.63) is 83.4 Å². The average molecular weight is 369 g/mol. The van der Waals surface area contributed by atoms with Crippen molar-refractivity contribution in [2.45, 2.75) is 12.5 Å². The number of ether oxygens (including phenoxy) is 1. The zero-order valence-electron chi connectivity index (χ0n) is 14.5. The summed E-state index contributed by atoms with van der Waals surface area (Å²) in [7, 11) is 1.21. The van der Waals surface area contributed by atoms with Crippen LogP contribution >= 0.6 is 0 Å². The van der Waals surface area contributed by atoms with E-state index in [-0.39, 0.29) is 12.0 Å². The van der Waals surface area contributed by atoms with Crippen LogP contribution in [0.1, 0.15) is 15.9 Å². The molecule has 0 aromatic heterocycles. The molecule has 4 nitrogen and oxygen atoms in total. The molecule has 0 fully saturated rings. The summed E-state index contributed by atoms with van der Waals surface area (Å²) in [5, 5.41) is 4.51. The number of halogens is 2. The first kappa shape index (κ1) is 18.5. The molecule has 3 aromatic carbocycles. The van der Waals surface area contributed by atoms with Gasteiger partial charge in [-0.05, 0) is 28.5 Å². The van der Waals surface area contributed by atoms with Crippen LogP contribution in [0.4, 0.5) is 8.78 Å². The van der Waals surface area contributed by atoms with E-state index in [1.54, 1.807) is 0 Å². The van der Waals surface area contributed by atoms with E-state index < -0.39 is 29.6 Å². The lowest BCUT2D eigenvalue weighted by Gasteiger charge is -2.17. The fourth-order valence-corrected chi connectivity index (χ4v) is 2.85. The van der Waals surface area contributed by atoms with Crippen molar-refractivity contribution < 1.29 is 23.1 Å². The van der Waals surface area contributed by atoms with Crippen LogP contribution in [0, 0.1) is 11.6 Å². The number of fused-ring (bicyclic) bond motifs is 1. The Hall–Kier alpha value is -3.28. The van der Waals surface area contributed by atoms with Crippen molar-refractivity contribution in [2.75, 3.05) is 7.11 Å². The van der Waals surface area contributed by atoms with E-state index in [1.165, 1.54) is 7.11 Å². The molecule has 6 heteroatoms. The standard InChI is InChI=1S/C21H17F2NO3/c1-27-21(26)19(24-20(25)17-9-8-16(22)12-18(17)23)11-13-6-7-14-4-2-3-5-15(14)10-13/h2-10,12,19H,11H2,1H3,(H,24,25)/t19-/m1/s1. The van der Waals surface area contributed by atoms with Crippen LogP contribution in [0.3, 0.4) is 0 Å². The van der Waals surface area contributed by atoms with Crippen LogP contribution in [-0.4, -0.2) is 25.0 Å². The van der Waals surface area contributed by atoms with Gasteiger partial charge in [0, 0.05) is 12.5 Å². The lowest BCUT2D eigenvalue weighted by atomic mass is 10.0. The summed E-state index contributed by atoms with van der Waals surface area (Å²) in [4.78, 5) is 24.4. The molecular weight excluding hydrogens is 352 g/mol. The predicted octanol–water partition coefficient (Wildman–Crippen LogP) is 3.63. The van der Waals surface area contributed by atoms with Crippen LogP contribution in [0.2, 0.25) is 0 Å². The van der Waals surface area contributed by atoms with Crippen molar-refractivity contribution in [3.63, 3.8) is 0 Å². The van der Waals surface area contributed by atoms with Crippen molar-refractivity contribution >= 4 is 22.6 Å². The third-order valence-corrected chi connectivity index (χ3v) is 4.22. The minimum Gasteiger partial charge on any atom is -0.467 e. The normalized spacial score (nSPS) is 11.8. The molecule has 0 bridgehead atoms. The second kappa shape index (κ2) is 7.95. The summed E-state index contributed by atoms with van der Waals surface area (Å²) in [6.07, 6.45) is 0.173. The summed E-state index contributed by atoms with van der Waals surface area (Å²) in [5.41, 5.74) is 0.466. The van der Waals surface area contributed by atoms with E-state index in [9.17, 15) is 18.4 Å². The molecule has 138 valence electrons. The molecule has 0 aliphatic carbocycles. The van der Waals surface area contributed by atoms with Gasteiger partial charge in [-0.15, -0.1) is 0 Å². The van der Waals surface area contributed by atoms with E-state index in [0.717, 1.165) is 28.5 Å². The van der Waals surface area contributed by atoms with Gasteiger partial charge >= 0.3 is 5.97 Å². The van der Waals surface area contributed by atoms with Crippen molar-refractivity contribution in [1.29, 1.82) is 0 Å². The molecule has 0 spiro atoms. The summed E-state index contributed by atoms with van der Waals surface area (Å²) >= 11 is 0. The highest BCUT2D eigenvalue weighted by Gasteiger charge is 2.24. The highest BCUT2D eigenvalue weighted by Crippen LogP contribution is 2.17. The number of hydrogen-bond acceptors (Lipinski definition) is 3. The summed E-state index contributed by atoms with van der Waals surface area (Å²) in [5.74, 6) is -3.26. The highest BCUT2D eigenvalue weighted by atomic mass is 19.1. The minimum absolute atomic E-state index is 0.173. The number of nitrogens with one attached hydrogen (secondary N) is 1. The third kappa shape index (κ3) is 4.28. The van der Waals surface area contributed by atoms with Gasteiger partial charge in [0.05, 0.1) is 12.7 Å². The van der Waals surface area contributed by atoms with Crippen molar-refractivity contribution in [3.8, 4) is 0 Å². The van der Waals surface area contributed by atoms with Gasteiger partial charge in [0.1, 0.15) is 17.7 Å². The van der Waals surface area contributed by atoms with Gasteiger partial charge in [-0.25, -0.2) is 13.6 Å². The molecule has 0 radical (unpaired) electrons. The Labute approximate surface area is 154 Å². The van der Waals surface area contributed by atoms with Crippen LogP contribution in [-0.2, 0) is 16.0 Å². The van der Waals surface area contributed by atoms with Gasteiger partial charge in [-0.1, -0.05) is 42.5 Å². The Balaban J connectivity index is 1.82. The predicted molar refractivity (Wildman–Crippen MR) is 97.3 cm³/mol. The third-order valence-electron chi connectivity index (χ3n) is 4.22. The molecule has 1 atom stereocenters. The van der Waals surface area contributed by atoms with E-state index >= 15 is 0 Å². The summed E-state index contributed by atoms with van der Waals surface area (Å²) in [6, 6.07) is 15.0. The Morgan fingerprint density at radius 2 is 1.74 bits per heavy atom. The number of hydrogen-bond donors (Lipinski definition) is 1. The highest BCUT2D eigenvalue weighted by molar-refractivity contribution is 5.97. The van der Waals surface area contributed by atoms with Crippen LogP contribution < -0.4 is 5.32 Å². The second-order valence-corrected chi connectivity index (χ2v) is 6.06. The molecule has 0 heterocycles. The van der Waals surface area contributed by atoms with Crippen LogP contribution in [0.5, 0.6) is 0 Å². The Bertz CT molecular complexity index is 1000. The fraction of sp³-hybridized carbons (Fsp3) is 0.143. The molecule has 0 aliphatic rings. The molecule has 0 aliphatic heterocycles. The number of carbonyl (C=O) groups excluding carboxylic acids is 2. The first-order chi connectivity index (χ1) is 13.0. The van der Waals surface area contributed by atoms with E-state index in [0.29, 0.717) is 6.07 Å². The van der Waals surface area contributed by atoms with Gasteiger partial charge in [-0.3, -0.25) is 4.79 Å². The maximum absolute atomic E-state index is 13.8. The van der Waals surface area contributed by atoms with Gasteiger partial charge in [-0.2, -0.15) is 0 Å². The molecule has 1 N–H and O–H groups in total. The molecule has 3 aromatic rings. The largest absolute Gasteiger partial charge is 0.467 e. The summed E-state index contributed by atoms with van der Waals surface area (Å²) < 4.78 is 31.6. The zero-order valence-corrected chi connectivity index (χ0v) is 14.5. The number of amides is 1. The smallest absolute Gasteiger partial charge is 0.328 e. The summed E-state index contributed by atoms with van der Waals surface area (Å²) in [6.45, 7) is 0. The molecule has 27 heavy (non-hydrogen) atoms. The lowest BCUT2D eigenvalue weighted by Crippen LogP contribution is -2.43. The number of benzene rings is 3. The van der Waals surface area contributed by atoms with Gasteiger partial charge < -0.3 is 10.1 Å². The average Bonchev–Trinajstić information content (AvgIpc) is 2.66. The zero-order chi connectivity index (χ0) is 19.4. The lowest BCUT2D eigenvalue weighted by molar-refractivity contribution is -0.142. The molecule has 3 rings (SSSR count).